The Morgan fingerprint density at radius 2 is 2.25 bits per heavy atom. The number of amides is 1. The van der Waals surface area contributed by atoms with Crippen LogP contribution in [0.2, 0.25) is 10.0 Å². The van der Waals surface area contributed by atoms with Crippen LogP contribution in [-0.2, 0) is 18.4 Å². The summed E-state index contributed by atoms with van der Waals surface area (Å²) in [5.74, 6) is 0.114. The molecule has 1 aromatic heterocycles. The van der Waals surface area contributed by atoms with Gasteiger partial charge in [-0.05, 0) is 28.1 Å². The van der Waals surface area contributed by atoms with E-state index in [4.69, 9.17) is 23.2 Å². The van der Waals surface area contributed by atoms with Crippen molar-refractivity contribution in [1.29, 1.82) is 0 Å². The minimum Gasteiger partial charge on any atom is -0.351 e. The average Bonchev–Trinajstić information content (AvgIpc) is 2.81. The Labute approximate surface area is 129 Å². The van der Waals surface area contributed by atoms with E-state index in [1.165, 1.54) is 16.4 Å². The number of nitrogens with one attached hydrogen (secondary N) is 1. The molecule has 0 fully saturated rings. The number of tetrazole rings is 1. The lowest BCUT2D eigenvalue weighted by atomic mass is 10.2. The van der Waals surface area contributed by atoms with E-state index >= 15 is 0 Å². The molecule has 0 bridgehead atoms. The standard InChI is InChI=1S/C11H11Cl2N5OS/c1-18-11(15-16-17-18)20-6-10(19)14-5-7-2-3-8(12)4-9(7)13/h2-4H,5-6H2,1H3,(H,14,19). The third-order valence-electron chi connectivity index (χ3n) is 2.40. The highest BCUT2D eigenvalue weighted by Gasteiger charge is 2.08. The lowest BCUT2D eigenvalue weighted by molar-refractivity contribution is -0.118. The third kappa shape index (κ3) is 4.09. The Morgan fingerprint density at radius 1 is 1.45 bits per heavy atom. The number of carbonyl (C=O) groups excluding carboxylic acids is 1. The van der Waals surface area contributed by atoms with Crippen LogP contribution in [0.4, 0.5) is 0 Å². The number of carbonyl (C=O) groups is 1. The zero-order valence-corrected chi connectivity index (χ0v) is 12.8. The molecule has 2 rings (SSSR count). The van der Waals surface area contributed by atoms with Gasteiger partial charge in [-0.25, -0.2) is 4.68 Å². The number of hydrogen-bond donors (Lipinski definition) is 1. The summed E-state index contributed by atoms with van der Waals surface area (Å²) < 4.78 is 1.51. The first kappa shape index (κ1) is 15.1. The summed E-state index contributed by atoms with van der Waals surface area (Å²) in [7, 11) is 1.72. The molecule has 0 atom stereocenters. The number of hydrogen-bond acceptors (Lipinski definition) is 5. The van der Waals surface area contributed by atoms with Crippen LogP contribution >= 0.6 is 35.0 Å². The van der Waals surface area contributed by atoms with Crippen LogP contribution in [0, 0.1) is 0 Å². The van der Waals surface area contributed by atoms with E-state index in [0.717, 1.165) is 5.56 Å². The number of rotatable bonds is 5. The Kier molecular flexibility index (Phi) is 5.22. The molecule has 1 N–H and O–H groups in total. The SMILES string of the molecule is Cn1nnnc1SCC(=O)NCc1ccc(Cl)cc1Cl. The molecule has 0 spiro atoms. The summed E-state index contributed by atoms with van der Waals surface area (Å²) >= 11 is 13.1. The number of halogens is 2. The van der Waals surface area contributed by atoms with Crippen molar-refractivity contribution in [1.82, 2.24) is 25.5 Å². The zero-order chi connectivity index (χ0) is 14.5. The van der Waals surface area contributed by atoms with Crippen molar-refractivity contribution in [3.63, 3.8) is 0 Å². The van der Waals surface area contributed by atoms with Crippen LogP contribution < -0.4 is 5.32 Å². The predicted molar refractivity (Wildman–Crippen MR) is 77.8 cm³/mol. The number of nitrogens with zero attached hydrogens (tertiary/aromatic N) is 4. The molecule has 0 saturated carbocycles. The van der Waals surface area contributed by atoms with Crippen molar-refractivity contribution in [2.75, 3.05) is 5.75 Å². The molecule has 0 saturated heterocycles. The van der Waals surface area contributed by atoms with Gasteiger partial charge < -0.3 is 5.32 Å². The van der Waals surface area contributed by atoms with Gasteiger partial charge in [-0.1, -0.05) is 41.0 Å². The van der Waals surface area contributed by atoms with E-state index in [2.05, 4.69) is 20.8 Å². The molecular formula is C11H11Cl2N5OS. The molecule has 6 nitrogen and oxygen atoms in total. The van der Waals surface area contributed by atoms with Crippen molar-refractivity contribution < 1.29 is 4.79 Å². The van der Waals surface area contributed by atoms with E-state index in [-0.39, 0.29) is 11.7 Å². The zero-order valence-electron chi connectivity index (χ0n) is 10.5. The van der Waals surface area contributed by atoms with E-state index in [1.807, 2.05) is 0 Å². The first-order valence-electron chi connectivity index (χ1n) is 5.62. The lowest BCUT2D eigenvalue weighted by Gasteiger charge is -2.07. The van der Waals surface area contributed by atoms with Crippen molar-refractivity contribution in [3.05, 3.63) is 33.8 Å². The second kappa shape index (κ2) is 6.92. The fourth-order valence-electron chi connectivity index (χ4n) is 1.38. The normalized spacial score (nSPS) is 10.6. The van der Waals surface area contributed by atoms with Gasteiger partial charge in [-0.2, -0.15) is 0 Å². The summed E-state index contributed by atoms with van der Waals surface area (Å²) in [6.07, 6.45) is 0. The Morgan fingerprint density at radius 3 is 2.90 bits per heavy atom. The summed E-state index contributed by atoms with van der Waals surface area (Å²) in [6.45, 7) is 0.354. The highest BCUT2D eigenvalue weighted by Crippen LogP contribution is 2.20. The van der Waals surface area contributed by atoms with Crippen LogP contribution in [-0.4, -0.2) is 31.9 Å². The molecule has 1 heterocycles. The first-order chi connectivity index (χ1) is 9.56. The smallest absolute Gasteiger partial charge is 0.230 e. The van der Waals surface area contributed by atoms with Crippen molar-refractivity contribution in [3.8, 4) is 0 Å². The highest BCUT2D eigenvalue weighted by molar-refractivity contribution is 7.99. The predicted octanol–water partition coefficient (Wildman–Crippen LogP) is 1.93. The minimum atomic E-state index is -0.121. The van der Waals surface area contributed by atoms with Gasteiger partial charge in [0.25, 0.3) is 0 Å². The quantitative estimate of drug-likeness (QED) is 0.847. The van der Waals surface area contributed by atoms with Gasteiger partial charge in [0.15, 0.2) is 0 Å². The maximum atomic E-state index is 11.7. The van der Waals surface area contributed by atoms with Crippen LogP contribution in [0.3, 0.4) is 0 Å². The number of aryl methyl sites for hydroxylation is 1. The lowest BCUT2D eigenvalue weighted by Crippen LogP contribution is -2.24. The van der Waals surface area contributed by atoms with Gasteiger partial charge in [-0.3, -0.25) is 4.79 Å². The van der Waals surface area contributed by atoms with Gasteiger partial charge in [0.2, 0.25) is 11.1 Å². The molecule has 2 aromatic rings. The van der Waals surface area contributed by atoms with Crippen LogP contribution in [0.5, 0.6) is 0 Å². The van der Waals surface area contributed by atoms with Gasteiger partial charge in [-0.15, -0.1) is 5.10 Å². The maximum Gasteiger partial charge on any atom is 0.230 e. The molecular weight excluding hydrogens is 321 g/mol. The number of benzene rings is 1. The monoisotopic (exact) mass is 331 g/mol. The minimum absolute atomic E-state index is 0.121. The number of thioether (sulfide) groups is 1. The largest absolute Gasteiger partial charge is 0.351 e. The van der Waals surface area contributed by atoms with Crippen LogP contribution in [0.1, 0.15) is 5.56 Å². The molecule has 1 aromatic carbocycles. The van der Waals surface area contributed by atoms with Crippen molar-refractivity contribution in [2.45, 2.75) is 11.7 Å². The van der Waals surface area contributed by atoms with Gasteiger partial charge in [0.05, 0.1) is 5.75 Å². The number of aromatic nitrogens is 4. The molecule has 9 heteroatoms. The highest BCUT2D eigenvalue weighted by atomic mass is 35.5. The molecule has 20 heavy (non-hydrogen) atoms. The molecule has 1 amide bonds. The van der Waals surface area contributed by atoms with Crippen LogP contribution in [0.15, 0.2) is 23.4 Å². The Hall–Kier alpha value is -1.31. The van der Waals surface area contributed by atoms with Gasteiger partial charge >= 0.3 is 0 Å². The van der Waals surface area contributed by atoms with Gasteiger partial charge in [0, 0.05) is 23.6 Å². The van der Waals surface area contributed by atoms with Gasteiger partial charge in [0.1, 0.15) is 0 Å². The van der Waals surface area contributed by atoms with E-state index in [0.29, 0.717) is 21.7 Å². The molecule has 0 radical (unpaired) electrons. The second-order valence-corrected chi connectivity index (χ2v) is 5.67. The second-order valence-electron chi connectivity index (χ2n) is 3.89. The summed E-state index contributed by atoms with van der Waals surface area (Å²) in [6, 6.07) is 5.16. The molecule has 0 aliphatic rings. The molecule has 0 aliphatic carbocycles. The van der Waals surface area contributed by atoms with Crippen molar-refractivity contribution in [2.24, 2.45) is 7.05 Å². The molecule has 0 aliphatic heterocycles. The van der Waals surface area contributed by atoms with E-state index in [1.54, 1.807) is 25.2 Å². The maximum absolute atomic E-state index is 11.7. The van der Waals surface area contributed by atoms with E-state index in [9.17, 15) is 4.79 Å². The average molecular weight is 332 g/mol. The molecule has 106 valence electrons. The third-order valence-corrected chi connectivity index (χ3v) is 4.00. The molecule has 0 unspecified atom stereocenters. The Bertz CT molecular complexity index is 619. The summed E-state index contributed by atoms with van der Waals surface area (Å²) in [5.41, 5.74) is 0.815. The fourth-order valence-corrected chi connectivity index (χ4v) is 2.54. The topological polar surface area (TPSA) is 72.7 Å². The summed E-state index contributed by atoms with van der Waals surface area (Å²) in [5, 5.41) is 15.4. The van der Waals surface area contributed by atoms with Crippen LogP contribution in [0.25, 0.3) is 0 Å². The van der Waals surface area contributed by atoms with Crippen molar-refractivity contribution >= 4 is 40.9 Å². The Balaban J connectivity index is 1.82. The fraction of sp³-hybridized carbons (Fsp3) is 0.273. The first-order valence-corrected chi connectivity index (χ1v) is 7.36. The summed E-state index contributed by atoms with van der Waals surface area (Å²) in [4.78, 5) is 11.7. The van der Waals surface area contributed by atoms with E-state index < -0.39 is 0 Å².